The molecule has 112 valence electrons. The van der Waals surface area contributed by atoms with Crippen LogP contribution in [-0.4, -0.2) is 38.7 Å². The van der Waals surface area contributed by atoms with Crippen molar-refractivity contribution in [2.75, 3.05) is 18.4 Å². The van der Waals surface area contributed by atoms with Gasteiger partial charge in [0.2, 0.25) is 11.9 Å². The van der Waals surface area contributed by atoms with E-state index in [1.54, 1.807) is 30.9 Å². The summed E-state index contributed by atoms with van der Waals surface area (Å²) in [6, 6.07) is 1.74. The van der Waals surface area contributed by atoms with Gasteiger partial charge in [0.25, 0.3) is 0 Å². The predicted octanol–water partition coefficient (Wildman–Crippen LogP) is 1.02. The molecule has 0 atom stereocenters. The molecule has 2 aromatic heterocycles. The molecule has 0 radical (unpaired) electrons. The van der Waals surface area contributed by atoms with E-state index in [2.05, 4.69) is 25.7 Å². The molecule has 1 aliphatic carbocycles. The SMILES string of the molecule is Cl.O=C(CNCC1CC1)Nc1cnn(-c2ncccn2)c1. The number of anilines is 1. The number of nitrogens with zero attached hydrogens (tertiary/aromatic N) is 4. The molecule has 7 nitrogen and oxygen atoms in total. The fourth-order valence-electron chi connectivity index (χ4n) is 1.82. The Hall–Kier alpha value is -1.99. The van der Waals surface area contributed by atoms with Crippen molar-refractivity contribution >= 4 is 24.0 Å². The van der Waals surface area contributed by atoms with Gasteiger partial charge in [-0.25, -0.2) is 14.6 Å². The minimum Gasteiger partial charge on any atom is -0.322 e. The van der Waals surface area contributed by atoms with E-state index in [4.69, 9.17) is 0 Å². The number of carbonyl (C=O) groups is 1. The second-order valence-corrected chi connectivity index (χ2v) is 4.84. The third kappa shape index (κ3) is 4.51. The number of aromatic nitrogens is 4. The quantitative estimate of drug-likeness (QED) is 0.832. The van der Waals surface area contributed by atoms with Crippen LogP contribution in [0, 0.1) is 5.92 Å². The van der Waals surface area contributed by atoms with Gasteiger partial charge in [0.05, 0.1) is 24.6 Å². The van der Waals surface area contributed by atoms with Gasteiger partial charge in [-0.05, 0) is 31.4 Å². The molecule has 0 saturated heterocycles. The first kappa shape index (κ1) is 15.4. The highest BCUT2D eigenvalue weighted by Gasteiger charge is 2.20. The topological polar surface area (TPSA) is 84.7 Å². The van der Waals surface area contributed by atoms with Crippen molar-refractivity contribution in [3.63, 3.8) is 0 Å². The van der Waals surface area contributed by atoms with Gasteiger partial charge >= 0.3 is 0 Å². The summed E-state index contributed by atoms with van der Waals surface area (Å²) < 4.78 is 1.52. The molecule has 3 rings (SSSR count). The molecular formula is C13H17ClN6O. The Morgan fingerprint density at radius 1 is 1.33 bits per heavy atom. The number of nitrogens with one attached hydrogen (secondary N) is 2. The molecule has 2 aromatic rings. The Morgan fingerprint density at radius 2 is 2.10 bits per heavy atom. The molecule has 1 fully saturated rings. The monoisotopic (exact) mass is 308 g/mol. The van der Waals surface area contributed by atoms with Gasteiger partial charge < -0.3 is 10.6 Å². The molecule has 2 heterocycles. The maximum Gasteiger partial charge on any atom is 0.250 e. The van der Waals surface area contributed by atoms with Crippen molar-refractivity contribution in [2.24, 2.45) is 5.92 Å². The normalized spacial score (nSPS) is 13.5. The van der Waals surface area contributed by atoms with Gasteiger partial charge in [-0.15, -0.1) is 12.4 Å². The lowest BCUT2D eigenvalue weighted by Gasteiger charge is -2.03. The zero-order valence-electron chi connectivity index (χ0n) is 11.4. The van der Waals surface area contributed by atoms with E-state index in [0.29, 0.717) is 18.2 Å². The lowest BCUT2D eigenvalue weighted by Crippen LogP contribution is -2.29. The largest absolute Gasteiger partial charge is 0.322 e. The zero-order chi connectivity index (χ0) is 13.8. The van der Waals surface area contributed by atoms with Gasteiger partial charge in [-0.1, -0.05) is 0 Å². The highest BCUT2D eigenvalue weighted by molar-refractivity contribution is 5.91. The third-order valence-corrected chi connectivity index (χ3v) is 3.04. The van der Waals surface area contributed by atoms with Crippen LogP contribution < -0.4 is 10.6 Å². The first-order valence-corrected chi connectivity index (χ1v) is 6.64. The Bertz CT molecular complexity index is 583. The molecule has 1 amide bonds. The molecule has 2 N–H and O–H groups in total. The number of carbonyl (C=O) groups excluding carboxylic acids is 1. The van der Waals surface area contributed by atoms with E-state index in [1.807, 2.05) is 0 Å². The number of hydrogen-bond donors (Lipinski definition) is 2. The van der Waals surface area contributed by atoms with E-state index >= 15 is 0 Å². The van der Waals surface area contributed by atoms with Gasteiger partial charge in [0, 0.05) is 12.4 Å². The fraction of sp³-hybridized carbons (Fsp3) is 0.385. The standard InChI is InChI=1S/C13H16N6O.ClH/c20-12(8-14-6-10-2-3-10)18-11-7-17-19(9-11)13-15-4-1-5-16-13;/h1,4-5,7,9-10,14H,2-3,6,8H2,(H,18,20);1H. The summed E-state index contributed by atoms with van der Waals surface area (Å²) in [5, 5.41) is 10.0. The average molecular weight is 309 g/mol. The lowest BCUT2D eigenvalue weighted by atomic mass is 10.4. The fourth-order valence-corrected chi connectivity index (χ4v) is 1.82. The van der Waals surface area contributed by atoms with Crippen molar-refractivity contribution in [2.45, 2.75) is 12.8 Å². The maximum absolute atomic E-state index is 11.7. The summed E-state index contributed by atoms with van der Waals surface area (Å²) in [5.41, 5.74) is 0.635. The molecule has 0 aliphatic heterocycles. The lowest BCUT2D eigenvalue weighted by molar-refractivity contribution is -0.115. The number of halogens is 1. The minimum absolute atomic E-state index is 0. The molecule has 1 saturated carbocycles. The first-order valence-electron chi connectivity index (χ1n) is 6.64. The van der Waals surface area contributed by atoms with E-state index in [9.17, 15) is 4.79 Å². The summed E-state index contributed by atoms with van der Waals surface area (Å²) in [6.07, 6.45) is 9.11. The number of amides is 1. The van der Waals surface area contributed by atoms with Crippen LogP contribution in [0.3, 0.4) is 0 Å². The van der Waals surface area contributed by atoms with E-state index in [0.717, 1.165) is 12.5 Å². The van der Waals surface area contributed by atoms with Crippen molar-refractivity contribution in [1.82, 2.24) is 25.1 Å². The second-order valence-electron chi connectivity index (χ2n) is 4.84. The number of hydrogen-bond acceptors (Lipinski definition) is 5. The van der Waals surface area contributed by atoms with Gasteiger partial charge in [-0.3, -0.25) is 4.79 Å². The van der Waals surface area contributed by atoms with Crippen LogP contribution in [0.15, 0.2) is 30.9 Å². The van der Waals surface area contributed by atoms with Crippen molar-refractivity contribution in [1.29, 1.82) is 0 Å². The van der Waals surface area contributed by atoms with E-state index in [1.165, 1.54) is 17.5 Å². The third-order valence-electron chi connectivity index (χ3n) is 3.04. The zero-order valence-corrected chi connectivity index (χ0v) is 12.2. The Labute approximate surface area is 128 Å². The molecule has 0 aromatic carbocycles. The van der Waals surface area contributed by atoms with Crippen LogP contribution in [0.2, 0.25) is 0 Å². The molecule has 8 heteroatoms. The van der Waals surface area contributed by atoms with Gasteiger partial charge in [0.1, 0.15) is 0 Å². The molecule has 21 heavy (non-hydrogen) atoms. The van der Waals surface area contributed by atoms with Crippen LogP contribution >= 0.6 is 12.4 Å². The van der Waals surface area contributed by atoms with Gasteiger partial charge in [-0.2, -0.15) is 5.10 Å². The van der Waals surface area contributed by atoms with Crippen LogP contribution in [-0.2, 0) is 4.79 Å². The summed E-state index contributed by atoms with van der Waals surface area (Å²) in [5.74, 6) is 1.17. The average Bonchev–Trinajstić information content (AvgIpc) is 3.17. The summed E-state index contributed by atoms with van der Waals surface area (Å²) in [6.45, 7) is 1.24. The van der Waals surface area contributed by atoms with Gasteiger partial charge in [0.15, 0.2) is 0 Å². The van der Waals surface area contributed by atoms with Crippen molar-refractivity contribution in [3.05, 3.63) is 30.9 Å². The summed E-state index contributed by atoms with van der Waals surface area (Å²) in [4.78, 5) is 19.9. The van der Waals surface area contributed by atoms with Crippen molar-refractivity contribution in [3.8, 4) is 5.95 Å². The smallest absolute Gasteiger partial charge is 0.250 e. The molecular weight excluding hydrogens is 292 g/mol. The molecule has 0 spiro atoms. The first-order chi connectivity index (χ1) is 9.81. The maximum atomic E-state index is 11.7. The van der Waals surface area contributed by atoms with Crippen LogP contribution in [0.5, 0.6) is 0 Å². The Balaban J connectivity index is 0.00000161. The van der Waals surface area contributed by atoms with E-state index in [-0.39, 0.29) is 18.3 Å². The molecule has 0 unspecified atom stereocenters. The molecule has 1 aliphatic rings. The molecule has 0 bridgehead atoms. The summed E-state index contributed by atoms with van der Waals surface area (Å²) >= 11 is 0. The predicted molar refractivity (Wildman–Crippen MR) is 80.6 cm³/mol. The highest BCUT2D eigenvalue weighted by atomic mass is 35.5. The Morgan fingerprint density at radius 3 is 2.81 bits per heavy atom. The van der Waals surface area contributed by atoms with Crippen molar-refractivity contribution < 1.29 is 4.79 Å². The second kappa shape index (κ2) is 7.14. The summed E-state index contributed by atoms with van der Waals surface area (Å²) in [7, 11) is 0. The highest BCUT2D eigenvalue weighted by Crippen LogP contribution is 2.27. The van der Waals surface area contributed by atoms with Crippen LogP contribution in [0.25, 0.3) is 5.95 Å². The number of rotatable bonds is 6. The Kier molecular flexibility index (Phi) is 5.24. The van der Waals surface area contributed by atoms with E-state index < -0.39 is 0 Å². The van der Waals surface area contributed by atoms with Crippen LogP contribution in [0.4, 0.5) is 5.69 Å². The van der Waals surface area contributed by atoms with Crippen LogP contribution in [0.1, 0.15) is 12.8 Å². The minimum atomic E-state index is -0.0702.